The lowest BCUT2D eigenvalue weighted by Gasteiger charge is -2.18. The zero-order chi connectivity index (χ0) is 26.1. The zero-order valence-electron chi connectivity index (χ0n) is 21.1. The van der Waals surface area contributed by atoms with Crippen molar-refractivity contribution in [3.63, 3.8) is 0 Å². The van der Waals surface area contributed by atoms with Crippen LogP contribution in [0.2, 0.25) is 0 Å². The van der Waals surface area contributed by atoms with Crippen molar-refractivity contribution in [3.05, 3.63) is 54.1 Å². The molecule has 192 valence electrons. The fourth-order valence-electron chi connectivity index (χ4n) is 4.33. The van der Waals surface area contributed by atoms with Crippen LogP contribution in [0, 0.1) is 5.92 Å². The summed E-state index contributed by atoms with van der Waals surface area (Å²) in [7, 11) is 5.28. The molecule has 0 unspecified atom stereocenters. The first-order valence-corrected chi connectivity index (χ1v) is 12.3. The van der Waals surface area contributed by atoms with Gasteiger partial charge in [-0.2, -0.15) is 5.10 Å². The van der Waals surface area contributed by atoms with Crippen molar-refractivity contribution in [2.75, 3.05) is 44.4 Å². The fraction of sp³-hybridized carbons (Fsp3) is 0.385. The number of amides is 2. The molecule has 1 aliphatic heterocycles. The number of aromatic nitrogens is 4. The predicted molar refractivity (Wildman–Crippen MR) is 138 cm³/mol. The van der Waals surface area contributed by atoms with Crippen LogP contribution < -0.4 is 10.6 Å². The minimum Gasteiger partial charge on any atom is -0.370 e. The van der Waals surface area contributed by atoms with E-state index in [1.807, 2.05) is 32.3 Å². The van der Waals surface area contributed by atoms with Crippen LogP contribution in [0.25, 0.3) is 11.3 Å². The van der Waals surface area contributed by atoms with Crippen molar-refractivity contribution in [2.45, 2.75) is 18.9 Å². The third-order valence-electron chi connectivity index (χ3n) is 6.61. The molecule has 0 bridgehead atoms. The average Bonchev–Trinajstić information content (AvgIpc) is 3.53. The lowest BCUT2D eigenvalue weighted by molar-refractivity contribution is -0.120. The first-order valence-electron chi connectivity index (χ1n) is 12.3. The third kappa shape index (κ3) is 5.51. The van der Waals surface area contributed by atoms with Crippen LogP contribution >= 0.6 is 0 Å². The van der Waals surface area contributed by atoms with E-state index in [-0.39, 0.29) is 42.0 Å². The van der Waals surface area contributed by atoms with Gasteiger partial charge in [0.1, 0.15) is 11.5 Å². The summed E-state index contributed by atoms with van der Waals surface area (Å²) in [6.45, 7) is 1.19. The smallest absolute Gasteiger partial charge is 0.277 e. The number of rotatable bonds is 8. The molecule has 2 N–H and O–H groups in total. The third-order valence-corrected chi connectivity index (χ3v) is 6.61. The SMILES string of the molecule is CN(C)[C@H]1CN(C(=O)c2nn(C)cc2NC(=O)c2cccc(-c3ccnc(NCC4CC4)c3)n2)CC1=O. The van der Waals surface area contributed by atoms with E-state index in [2.05, 4.69) is 25.7 Å². The number of nitrogens with zero attached hydrogens (tertiary/aromatic N) is 6. The number of hydrogen-bond donors (Lipinski definition) is 2. The van der Waals surface area contributed by atoms with Gasteiger partial charge in [0, 0.05) is 38.1 Å². The van der Waals surface area contributed by atoms with Crippen LogP contribution in [-0.4, -0.2) is 86.9 Å². The predicted octanol–water partition coefficient (Wildman–Crippen LogP) is 1.91. The Morgan fingerprint density at radius 1 is 1.19 bits per heavy atom. The number of anilines is 2. The number of aryl methyl sites for hydroxylation is 1. The molecule has 2 amide bonds. The Hall–Kier alpha value is -4.12. The summed E-state index contributed by atoms with van der Waals surface area (Å²) in [5.41, 5.74) is 2.03. The number of carbonyl (C=O) groups is 3. The second-order valence-corrected chi connectivity index (χ2v) is 9.81. The summed E-state index contributed by atoms with van der Waals surface area (Å²) < 4.78 is 1.46. The van der Waals surface area contributed by atoms with Crippen LogP contribution in [0.15, 0.2) is 42.7 Å². The maximum Gasteiger partial charge on any atom is 0.277 e. The molecule has 1 aliphatic carbocycles. The van der Waals surface area contributed by atoms with E-state index in [0.29, 0.717) is 5.69 Å². The standard InChI is InChI=1S/C26H30N8O3/c1-32(2)21-14-34(15-22(21)35)26(37)24-20(13-33(3)31-24)30-25(36)19-6-4-5-18(29-19)17-9-10-27-23(11-17)28-12-16-7-8-16/h4-6,9-11,13,16,21H,7-8,12,14-15H2,1-3H3,(H,27,28)(H,30,36)/t21-/m0/s1. The molecule has 3 aromatic heterocycles. The Balaban J connectivity index is 1.31. The highest BCUT2D eigenvalue weighted by Gasteiger charge is 2.37. The number of nitrogens with one attached hydrogen (secondary N) is 2. The number of Topliss-reactive ketones (excluding diaryl/α,β-unsaturated/α-hetero) is 1. The van der Waals surface area contributed by atoms with E-state index in [9.17, 15) is 14.4 Å². The highest BCUT2D eigenvalue weighted by Crippen LogP contribution is 2.29. The molecule has 0 radical (unpaired) electrons. The molecular formula is C26H30N8O3. The molecule has 5 rings (SSSR count). The van der Waals surface area contributed by atoms with Gasteiger partial charge >= 0.3 is 0 Å². The first kappa shape index (κ1) is 24.6. The zero-order valence-corrected chi connectivity index (χ0v) is 21.1. The van der Waals surface area contributed by atoms with E-state index in [4.69, 9.17) is 0 Å². The summed E-state index contributed by atoms with van der Waals surface area (Å²) in [6, 6.07) is 8.63. The Kier molecular flexibility index (Phi) is 6.70. The van der Waals surface area contributed by atoms with Gasteiger partial charge in [-0.25, -0.2) is 9.97 Å². The molecular weight excluding hydrogens is 472 g/mol. The van der Waals surface area contributed by atoms with Gasteiger partial charge < -0.3 is 15.5 Å². The van der Waals surface area contributed by atoms with Crippen molar-refractivity contribution < 1.29 is 14.4 Å². The van der Waals surface area contributed by atoms with Gasteiger partial charge in [0.15, 0.2) is 11.5 Å². The summed E-state index contributed by atoms with van der Waals surface area (Å²) >= 11 is 0. The van der Waals surface area contributed by atoms with E-state index >= 15 is 0 Å². The number of carbonyl (C=O) groups excluding carboxylic acids is 3. The summed E-state index contributed by atoms with van der Waals surface area (Å²) in [5, 5.41) is 10.4. The molecule has 0 spiro atoms. The fourth-order valence-corrected chi connectivity index (χ4v) is 4.33. The lowest BCUT2D eigenvalue weighted by Crippen LogP contribution is -2.36. The van der Waals surface area contributed by atoms with Crippen LogP contribution in [-0.2, 0) is 11.8 Å². The molecule has 2 aliphatic rings. The highest BCUT2D eigenvalue weighted by molar-refractivity contribution is 6.08. The summed E-state index contributed by atoms with van der Waals surface area (Å²) in [4.78, 5) is 50.8. The number of ketones is 1. The second-order valence-electron chi connectivity index (χ2n) is 9.81. The Bertz CT molecular complexity index is 1350. The van der Waals surface area contributed by atoms with Gasteiger partial charge in [-0.3, -0.25) is 24.0 Å². The molecule has 11 nitrogen and oxygen atoms in total. The monoisotopic (exact) mass is 502 g/mol. The second kappa shape index (κ2) is 10.1. The van der Waals surface area contributed by atoms with E-state index in [0.717, 1.165) is 23.8 Å². The lowest BCUT2D eigenvalue weighted by atomic mass is 10.1. The number of hydrogen-bond acceptors (Lipinski definition) is 8. The molecule has 11 heteroatoms. The minimum atomic E-state index is -0.464. The maximum atomic E-state index is 13.2. The van der Waals surface area contributed by atoms with Gasteiger partial charge in [-0.15, -0.1) is 0 Å². The van der Waals surface area contributed by atoms with Crippen LogP contribution in [0.4, 0.5) is 11.5 Å². The van der Waals surface area contributed by atoms with Crippen molar-refractivity contribution in [1.82, 2.24) is 29.5 Å². The van der Waals surface area contributed by atoms with Gasteiger partial charge in [-0.05, 0) is 57.1 Å². The van der Waals surface area contributed by atoms with Crippen molar-refractivity contribution >= 4 is 29.1 Å². The normalized spacial score (nSPS) is 17.4. The molecule has 2 fully saturated rings. The van der Waals surface area contributed by atoms with Crippen LogP contribution in [0.3, 0.4) is 0 Å². The van der Waals surface area contributed by atoms with Gasteiger partial charge in [0.25, 0.3) is 11.8 Å². The van der Waals surface area contributed by atoms with E-state index in [1.165, 1.54) is 22.4 Å². The van der Waals surface area contributed by atoms with Crippen LogP contribution in [0.1, 0.15) is 33.8 Å². The quantitative estimate of drug-likeness (QED) is 0.479. The van der Waals surface area contributed by atoms with Crippen molar-refractivity contribution in [1.29, 1.82) is 0 Å². The molecule has 3 aromatic rings. The van der Waals surface area contributed by atoms with Gasteiger partial charge in [0.05, 0.1) is 24.0 Å². The summed E-state index contributed by atoms with van der Waals surface area (Å²) in [5.74, 6) is 0.603. The van der Waals surface area contributed by atoms with Gasteiger partial charge in [-0.1, -0.05) is 6.07 Å². The molecule has 4 heterocycles. The first-order chi connectivity index (χ1) is 17.8. The Labute approximate surface area is 214 Å². The maximum absolute atomic E-state index is 13.2. The minimum absolute atomic E-state index is 0.0126. The van der Waals surface area contributed by atoms with Crippen molar-refractivity contribution in [3.8, 4) is 11.3 Å². The van der Waals surface area contributed by atoms with Gasteiger partial charge in [0.2, 0.25) is 0 Å². The largest absolute Gasteiger partial charge is 0.370 e. The van der Waals surface area contributed by atoms with Crippen molar-refractivity contribution in [2.24, 2.45) is 13.0 Å². The van der Waals surface area contributed by atoms with E-state index < -0.39 is 11.8 Å². The number of likely N-dealkylation sites (N-methyl/N-ethyl adjacent to an activating group) is 1. The van der Waals surface area contributed by atoms with E-state index in [1.54, 1.807) is 36.5 Å². The highest BCUT2D eigenvalue weighted by atomic mass is 16.2. The number of likely N-dealkylation sites (tertiary alicyclic amines) is 1. The number of pyridine rings is 2. The molecule has 1 atom stereocenters. The molecule has 37 heavy (non-hydrogen) atoms. The van der Waals surface area contributed by atoms with Crippen LogP contribution in [0.5, 0.6) is 0 Å². The topological polar surface area (TPSA) is 125 Å². The Morgan fingerprint density at radius 3 is 2.73 bits per heavy atom. The Morgan fingerprint density at radius 2 is 2.00 bits per heavy atom. The molecule has 1 saturated carbocycles. The average molecular weight is 503 g/mol. The molecule has 0 aromatic carbocycles. The summed E-state index contributed by atoms with van der Waals surface area (Å²) in [6.07, 6.45) is 5.79. The molecule has 1 saturated heterocycles.